The van der Waals surface area contributed by atoms with Gasteiger partial charge in [0.2, 0.25) is 0 Å². The molecule has 6 nitrogen and oxygen atoms in total. The minimum Gasteiger partial charge on any atom is -0.376 e. The summed E-state index contributed by atoms with van der Waals surface area (Å²) in [4.78, 5) is 8.81. The lowest BCUT2D eigenvalue weighted by Crippen LogP contribution is -2.16. The third-order valence-electron chi connectivity index (χ3n) is 3.53. The first-order valence-corrected chi connectivity index (χ1v) is 7.80. The molecule has 0 saturated heterocycles. The van der Waals surface area contributed by atoms with Crippen LogP contribution >= 0.6 is 0 Å². The SMILES string of the molecule is CCOCc1nc(NC)cc(NCCOC2CCCC2)n1. The standard InChI is InChI=1S/C15H26N4O2/c1-3-20-11-15-18-13(16-2)10-14(19-15)17-8-9-21-12-6-4-5-7-12/h10,12H,3-9,11H2,1-2H3,(H2,16,17,18,19). The number of nitrogens with zero attached hydrogens (tertiary/aromatic N) is 2. The third-order valence-corrected chi connectivity index (χ3v) is 3.53. The predicted octanol–water partition coefficient (Wildman–Crippen LogP) is 2.43. The molecule has 0 atom stereocenters. The molecule has 2 rings (SSSR count). The fourth-order valence-corrected chi connectivity index (χ4v) is 2.43. The van der Waals surface area contributed by atoms with Crippen LogP contribution in [0.4, 0.5) is 11.6 Å². The van der Waals surface area contributed by atoms with E-state index < -0.39 is 0 Å². The molecule has 0 spiro atoms. The second-order valence-electron chi connectivity index (χ2n) is 5.15. The molecule has 1 aromatic rings. The topological polar surface area (TPSA) is 68.3 Å². The van der Waals surface area contributed by atoms with Crippen molar-refractivity contribution in [3.8, 4) is 0 Å². The van der Waals surface area contributed by atoms with Gasteiger partial charge in [0.1, 0.15) is 18.2 Å². The number of hydrogen-bond donors (Lipinski definition) is 2. The van der Waals surface area contributed by atoms with Gasteiger partial charge < -0.3 is 20.1 Å². The Morgan fingerprint density at radius 2 is 2.00 bits per heavy atom. The highest BCUT2D eigenvalue weighted by atomic mass is 16.5. The van der Waals surface area contributed by atoms with Crippen LogP contribution in [0, 0.1) is 0 Å². The maximum Gasteiger partial charge on any atom is 0.158 e. The first-order valence-electron chi connectivity index (χ1n) is 7.80. The van der Waals surface area contributed by atoms with E-state index in [9.17, 15) is 0 Å². The van der Waals surface area contributed by atoms with E-state index in [1.165, 1.54) is 25.7 Å². The van der Waals surface area contributed by atoms with Gasteiger partial charge in [0.25, 0.3) is 0 Å². The van der Waals surface area contributed by atoms with Gasteiger partial charge in [-0.05, 0) is 19.8 Å². The molecule has 1 heterocycles. The summed E-state index contributed by atoms with van der Waals surface area (Å²) in [5.41, 5.74) is 0. The van der Waals surface area contributed by atoms with E-state index in [1.54, 1.807) is 0 Å². The van der Waals surface area contributed by atoms with Gasteiger partial charge in [-0.25, -0.2) is 9.97 Å². The summed E-state index contributed by atoms with van der Waals surface area (Å²) in [5, 5.41) is 6.33. The van der Waals surface area contributed by atoms with E-state index in [1.807, 2.05) is 20.0 Å². The molecule has 21 heavy (non-hydrogen) atoms. The van der Waals surface area contributed by atoms with Crippen molar-refractivity contribution < 1.29 is 9.47 Å². The van der Waals surface area contributed by atoms with Crippen LogP contribution in [0.25, 0.3) is 0 Å². The third kappa shape index (κ3) is 5.47. The Bertz CT molecular complexity index is 422. The molecule has 2 N–H and O–H groups in total. The molecule has 0 bridgehead atoms. The lowest BCUT2D eigenvalue weighted by atomic mass is 10.3. The van der Waals surface area contributed by atoms with Gasteiger partial charge in [-0.3, -0.25) is 0 Å². The largest absolute Gasteiger partial charge is 0.376 e. The molecule has 1 saturated carbocycles. The van der Waals surface area contributed by atoms with Gasteiger partial charge in [0.15, 0.2) is 5.82 Å². The summed E-state index contributed by atoms with van der Waals surface area (Å²) in [6.07, 6.45) is 5.47. The van der Waals surface area contributed by atoms with E-state index in [-0.39, 0.29) is 0 Å². The molecule has 0 aromatic carbocycles. The van der Waals surface area contributed by atoms with Crippen molar-refractivity contribution in [3.63, 3.8) is 0 Å². The summed E-state index contributed by atoms with van der Waals surface area (Å²) < 4.78 is 11.2. The lowest BCUT2D eigenvalue weighted by molar-refractivity contribution is 0.0658. The molecule has 0 unspecified atom stereocenters. The van der Waals surface area contributed by atoms with Gasteiger partial charge in [-0.2, -0.15) is 0 Å². The average molecular weight is 294 g/mol. The minimum atomic E-state index is 0.430. The van der Waals surface area contributed by atoms with E-state index in [0.29, 0.717) is 31.7 Å². The van der Waals surface area contributed by atoms with Crippen molar-refractivity contribution in [2.24, 2.45) is 0 Å². The Balaban J connectivity index is 1.80. The van der Waals surface area contributed by atoms with Gasteiger partial charge in [-0.15, -0.1) is 0 Å². The highest BCUT2D eigenvalue weighted by Crippen LogP contribution is 2.20. The number of anilines is 2. The quantitative estimate of drug-likeness (QED) is 0.682. The molecule has 6 heteroatoms. The molecular weight excluding hydrogens is 268 g/mol. The molecule has 0 aliphatic heterocycles. The number of hydrogen-bond acceptors (Lipinski definition) is 6. The van der Waals surface area contributed by atoms with Crippen LogP contribution in [0.3, 0.4) is 0 Å². The summed E-state index contributed by atoms with van der Waals surface area (Å²) >= 11 is 0. The lowest BCUT2D eigenvalue weighted by Gasteiger charge is -2.13. The second-order valence-corrected chi connectivity index (χ2v) is 5.15. The van der Waals surface area contributed by atoms with Crippen LogP contribution < -0.4 is 10.6 Å². The van der Waals surface area contributed by atoms with Crippen LogP contribution in [-0.4, -0.2) is 42.9 Å². The molecule has 0 amide bonds. The van der Waals surface area contributed by atoms with Gasteiger partial charge >= 0.3 is 0 Å². The van der Waals surface area contributed by atoms with Crippen LogP contribution in [0.15, 0.2) is 6.07 Å². The Morgan fingerprint density at radius 3 is 2.71 bits per heavy atom. The maximum atomic E-state index is 5.83. The zero-order valence-electron chi connectivity index (χ0n) is 13.0. The molecule has 1 aliphatic carbocycles. The van der Waals surface area contributed by atoms with E-state index >= 15 is 0 Å². The first kappa shape index (κ1) is 16.0. The number of ether oxygens (including phenoxy) is 2. The highest BCUT2D eigenvalue weighted by molar-refractivity contribution is 5.47. The van der Waals surface area contributed by atoms with Gasteiger partial charge in [0.05, 0.1) is 12.7 Å². The second kappa shape index (κ2) is 8.79. The molecule has 0 radical (unpaired) electrons. The number of nitrogens with one attached hydrogen (secondary N) is 2. The summed E-state index contributed by atoms with van der Waals surface area (Å²) in [5.74, 6) is 2.28. The highest BCUT2D eigenvalue weighted by Gasteiger charge is 2.14. The van der Waals surface area contributed by atoms with Crippen molar-refractivity contribution in [2.75, 3.05) is 37.4 Å². The fourth-order valence-electron chi connectivity index (χ4n) is 2.43. The van der Waals surface area contributed by atoms with Crippen molar-refractivity contribution in [3.05, 3.63) is 11.9 Å². The Labute approximate surface area is 126 Å². The maximum absolute atomic E-state index is 5.83. The van der Waals surface area contributed by atoms with Crippen LogP contribution in [0.2, 0.25) is 0 Å². The Morgan fingerprint density at radius 1 is 1.24 bits per heavy atom. The van der Waals surface area contributed by atoms with E-state index in [0.717, 1.165) is 18.2 Å². The number of rotatable bonds is 9. The summed E-state index contributed by atoms with van der Waals surface area (Å²) in [6, 6.07) is 1.89. The molecule has 1 aliphatic rings. The Kier molecular flexibility index (Phi) is 6.69. The smallest absolute Gasteiger partial charge is 0.158 e. The number of aromatic nitrogens is 2. The van der Waals surface area contributed by atoms with Crippen LogP contribution in [0.5, 0.6) is 0 Å². The van der Waals surface area contributed by atoms with Gasteiger partial charge in [-0.1, -0.05) is 12.8 Å². The minimum absolute atomic E-state index is 0.430. The molecule has 118 valence electrons. The Hall–Kier alpha value is -1.40. The molecule has 1 aromatic heterocycles. The van der Waals surface area contributed by atoms with Crippen molar-refractivity contribution in [1.29, 1.82) is 0 Å². The van der Waals surface area contributed by atoms with Crippen molar-refractivity contribution in [2.45, 2.75) is 45.3 Å². The molecule has 1 fully saturated rings. The summed E-state index contributed by atoms with van der Waals surface area (Å²) in [6.45, 7) is 4.51. The summed E-state index contributed by atoms with van der Waals surface area (Å²) in [7, 11) is 1.85. The normalized spacial score (nSPS) is 15.3. The zero-order chi connectivity index (χ0) is 14.9. The van der Waals surface area contributed by atoms with E-state index in [2.05, 4.69) is 20.6 Å². The van der Waals surface area contributed by atoms with Crippen molar-refractivity contribution >= 4 is 11.6 Å². The average Bonchev–Trinajstić information content (AvgIpc) is 3.02. The van der Waals surface area contributed by atoms with Crippen LogP contribution in [-0.2, 0) is 16.1 Å². The first-order chi connectivity index (χ1) is 10.3. The van der Waals surface area contributed by atoms with E-state index in [4.69, 9.17) is 9.47 Å². The molecular formula is C15H26N4O2. The van der Waals surface area contributed by atoms with Crippen LogP contribution in [0.1, 0.15) is 38.4 Å². The van der Waals surface area contributed by atoms with Crippen molar-refractivity contribution in [1.82, 2.24) is 9.97 Å². The fraction of sp³-hybridized carbons (Fsp3) is 0.733. The zero-order valence-corrected chi connectivity index (χ0v) is 13.0. The van der Waals surface area contributed by atoms with Gasteiger partial charge in [0, 0.05) is 26.3 Å². The monoisotopic (exact) mass is 294 g/mol. The predicted molar refractivity (Wildman–Crippen MR) is 83.6 cm³/mol.